The lowest BCUT2D eigenvalue weighted by atomic mass is 9.95. The smallest absolute Gasteiger partial charge is 0.103 e. The van der Waals surface area contributed by atoms with Crippen LogP contribution in [0.2, 0.25) is 0 Å². The summed E-state index contributed by atoms with van der Waals surface area (Å²) in [5, 5.41) is 12.4. The van der Waals surface area contributed by atoms with E-state index >= 15 is 0 Å². The third kappa shape index (κ3) is 5.99. The maximum atomic E-state index is 9.09. The van der Waals surface area contributed by atoms with Gasteiger partial charge in [-0.1, -0.05) is 40.0 Å². The molecule has 0 bridgehead atoms. The van der Waals surface area contributed by atoms with Crippen LogP contribution in [0.15, 0.2) is 0 Å². The van der Waals surface area contributed by atoms with E-state index in [0.717, 1.165) is 19.4 Å². The molecule has 0 heterocycles. The average molecular weight is 196 g/mol. The molecular formula is C12H24N2. The molecule has 0 aliphatic rings. The molecule has 0 fully saturated rings. The Morgan fingerprint density at radius 2 is 2.00 bits per heavy atom. The standard InChI is InChI=1S/C12H24N2/c1-5-6-7-8-12(4,10-13)14-9-11(2)3/h11,14H,5-9H2,1-4H3. The molecule has 0 aliphatic carbocycles. The van der Waals surface area contributed by atoms with E-state index in [9.17, 15) is 0 Å². The van der Waals surface area contributed by atoms with Gasteiger partial charge in [-0.15, -0.1) is 0 Å². The average Bonchev–Trinajstić information content (AvgIpc) is 2.15. The predicted octanol–water partition coefficient (Wildman–Crippen LogP) is 3.09. The van der Waals surface area contributed by atoms with Gasteiger partial charge in [0.05, 0.1) is 6.07 Å². The third-order valence-corrected chi connectivity index (χ3v) is 2.43. The summed E-state index contributed by atoms with van der Waals surface area (Å²) in [7, 11) is 0. The van der Waals surface area contributed by atoms with Crippen molar-refractivity contribution in [1.82, 2.24) is 5.32 Å². The van der Waals surface area contributed by atoms with Crippen molar-refractivity contribution in [3.05, 3.63) is 0 Å². The second-order valence-electron chi connectivity index (χ2n) is 4.68. The Morgan fingerprint density at radius 3 is 2.43 bits per heavy atom. The molecule has 0 aromatic heterocycles. The molecule has 2 heteroatoms. The van der Waals surface area contributed by atoms with E-state index < -0.39 is 0 Å². The first kappa shape index (κ1) is 13.4. The van der Waals surface area contributed by atoms with Crippen LogP contribution in [0.3, 0.4) is 0 Å². The zero-order valence-corrected chi connectivity index (χ0v) is 10.1. The second-order valence-corrected chi connectivity index (χ2v) is 4.68. The third-order valence-electron chi connectivity index (χ3n) is 2.43. The normalized spacial score (nSPS) is 15.1. The first-order valence-corrected chi connectivity index (χ1v) is 5.70. The highest BCUT2D eigenvalue weighted by atomic mass is 15.0. The number of unbranched alkanes of at least 4 members (excludes halogenated alkanes) is 2. The Bertz CT molecular complexity index is 181. The van der Waals surface area contributed by atoms with E-state index in [1.165, 1.54) is 12.8 Å². The van der Waals surface area contributed by atoms with E-state index in [0.29, 0.717) is 5.92 Å². The number of nitrogens with zero attached hydrogens (tertiary/aromatic N) is 1. The minimum Gasteiger partial charge on any atom is -0.299 e. The lowest BCUT2D eigenvalue weighted by molar-refractivity contribution is 0.376. The summed E-state index contributed by atoms with van der Waals surface area (Å²) in [6.45, 7) is 9.44. The highest BCUT2D eigenvalue weighted by Gasteiger charge is 2.22. The topological polar surface area (TPSA) is 35.8 Å². The van der Waals surface area contributed by atoms with Crippen LogP contribution in [-0.4, -0.2) is 12.1 Å². The van der Waals surface area contributed by atoms with Crippen molar-refractivity contribution in [2.24, 2.45) is 5.92 Å². The number of nitrogens with one attached hydrogen (secondary N) is 1. The van der Waals surface area contributed by atoms with Gasteiger partial charge in [0.15, 0.2) is 0 Å². The fraction of sp³-hybridized carbons (Fsp3) is 0.917. The molecule has 0 rings (SSSR count). The summed E-state index contributed by atoms with van der Waals surface area (Å²) in [4.78, 5) is 0. The molecule has 0 aromatic carbocycles. The number of hydrogen-bond acceptors (Lipinski definition) is 2. The molecule has 0 saturated heterocycles. The zero-order chi connectivity index (χ0) is 11.0. The lowest BCUT2D eigenvalue weighted by Gasteiger charge is -2.24. The number of hydrogen-bond donors (Lipinski definition) is 1. The van der Waals surface area contributed by atoms with Crippen LogP contribution in [-0.2, 0) is 0 Å². The van der Waals surface area contributed by atoms with Crippen molar-refractivity contribution in [2.45, 2.75) is 58.9 Å². The molecule has 82 valence electrons. The van der Waals surface area contributed by atoms with E-state index in [1.54, 1.807) is 0 Å². The van der Waals surface area contributed by atoms with Crippen molar-refractivity contribution in [1.29, 1.82) is 5.26 Å². The molecule has 1 unspecified atom stereocenters. The monoisotopic (exact) mass is 196 g/mol. The zero-order valence-electron chi connectivity index (χ0n) is 10.1. The van der Waals surface area contributed by atoms with Gasteiger partial charge in [0.2, 0.25) is 0 Å². The van der Waals surface area contributed by atoms with Crippen molar-refractivity contribution in [3.63, 3.8) is 0 Å². The molecule has 0 saturated carbocycles. The molecular weight excluding hydrogens is 172 g/mol. The summed E-state index contributed by atoms with van der Waals surface area (Å²) in [6.07, 6.45) is 4.54. The summed E-state index contributed by atoms with van der Waals surface area (Å²) < 4.78 is 0. The summed E-state index contributed by atoms with van der Waals surface area (Å²) >= 11 is 0. The molecule has 0 amide bonds. The van der Waals surface area contributed by atoms with E-state index in [-0.39, 0.29) is 5.54 Å². The van der Waals surface area contributed by atoms with Crippen LogP contribution in [0.5, 0.6) is 0 Å². The van der Waals surface area contributed by atoms with Crippen LogP contribution in [0.4, 0.5) is 0 Å². The first-order chi connectivity index (χ1) is 6.54. The Kier molecular flexibility index (Phi) is 6.57. The first-order valence-electron chi connectivity index (χ1n) is 5.70. The van der Waals surface area contributed by atoms with E-state index in [2.05, 4.69) is 32.2 Å². The molecule has 1 atom stereocenters. The van der Waals surface area contributed by atoms with Gasteiger partial charge in [0, 0.05) is 0 Å². The lowest BCUT2D eigenvalue weighted by Crippen LogP contribution is -2.42. The Morgan fingerprint density at radius 1 is 1.36 bits per heavy atom. The highest BCUT2D eigenvalue weighted by molar-refractivity contribution is 5.03. The summed E-state index contributed by atoms with van der Waals surface area (Å²) in [5.41, 5.74) is -0.320. The quantitative estimate of drug-likeness (QED) is 0.635. The van der Waals surface area contributed by atoms with Crippen LogP contribution < -0.4 is 5.32 Å². The Labute approximate surface area is 88.7 Å². The van der Waals surface area contributed by atoms with Crippen LogP contribution in [0.1, 0.15) is 53.4 Å². The maximum absolute atomic E-state index is 9.09. The van der Waals surface area contributed by atoms with E-state index in [4.69, 9.17) is 5.26 Å². The number of nitriles is 1. The fourth-order valence-corrected chi connectivity index (χ4v) is 1.34. The van der Waals surface area contributed by atoms with Gasteiger partial charge < -0.3 is 0 Å². The van der Waals surface area contributed by atoms with E-state index in [1.807, 2.05) is 6.92 Å². The summed E-state index contributed by atoms with van der Waals surface area (Å²) in [5.74, 6) is 0.605. The van der Waals surface area contributed by atoms with Crippen molar-refractivity contribution in [3.8, 4) is 6.07 Å². The van der Waals surface area contributed by atoms with Gasteiger partial charge in [0.25, 0.3) is 0 Å². The molecule has 0 radical (unpaired) electrons. The Balaban J connectivity index is 3.87. The fourth-order valence-electron chi connectivity index (χ4n) is 1.34. The minimum absolute atomic E-state index is 0.320. The van der Waals surface area contributed by atoms with Crippen molar-refractivity contribution in [2.75, 3.05) is 6.54 Å². The maximum Gasteiger partial charge on any atom is 0.103 e. The van der Waals surface area contributed by atoms with Gasteiger partial charge in [-0.2, -0.15) is 5.26 Å². The van der Waals surface area contributed by atoms with Gasteiger partial charge >= 0.3 is 0 Å². The van der Waals surface area contributed by atoms with Crippen LogP contribution in [0, 0.1) is 17.2 Å². The molecule has 0 aromatic rings. The molecule has 0 spiro atoms. The van der Waals surface area contributed by atoms with Crippen molar-refractivity contribution >= 4 is 0 Å². The summed E-state index contributed by atoms with van der Waals surface area (Å²) in [6, 6.07) is 2.38. The number of rotatable bonds is 7. The molecule has 14 heavy (non-hydrogen) atoms. The van der Waals surface area contributed by atoms with Crippen LogP contribution >= 0.6 is 0 Å². The van der Waals surface area contributed by atoms with Gasteiger partial charge in [0.1, 0.15) is 5.54 Å². The Hall–Kier alpha value is -0.550. The molecule has 2 nitrogen and oxygen atoms in total. The second kappa shape index (κ2) is 6.84. The highest BCUT2D eigenvalue weighted by Crippen LogP contribution is 2.14. The SMILES string of the molecule is CCCCCC(C)(C#N)NCC(C)C. The minimum atomic E-state index is -0.320. The van der Waals surface area contributed by atoms with Gasteiger partial charge in [-0.3, -0.25) is 5.32 Å². The van der Waals surface area contributed by atoms with Gasteiger partial charge in [-0.25, -0.2) is 0 Å². The van der Waals surface area contributed by atoms with Gasteiger partial charge in [-0.05, 0) is 25.8 Å². The largest absolute Gasteiger partial charge is 0.299 e. The molecule has 0 aliphatic heterocycles. The van der Waals surface area contributed by atoms with Crippen LogP contribution in [0.25, 0.3) is 0 Å². The molecule has 1 N–H and O–H groups in total. The predicted molar refractivity (Wildman–Crippen MR) is 61.0 cm³/mol. The van der Waals surface area contributed by atoms with Crippen molar-refractivity contribution < 1.29 is 0 Å².